The zero-order chi connectivity index (χ0) is 23.9. The topological polar surface area (TPSA) is 77.1 Å². The fraction of sp³-hybridized carbons (Fsp3) is 0.0909. The fourth-order valence-corrected chi connectivity index (χ4v) is 4.06. The first-order valence-electron chi connectivity index (χ1n) is 9.86. The summed E-state index contributed by atoms with van der Waals surface area (Å²) in [5.74, 6) is -1.10. The summed E-state index contributed by atoms with van der Waals surface area (Å²) < 4.78 is 56.5. The van der Waals surface area contributed by atoms with Gasteiger partial charge in [-0.25, -0.2) is 13.9 Å². The van der Waals surface area contributed by atoms with E-state index in [-0.39, 0.29) is 29.4 Å². The number of hydrogen-bond acceptors (Lipinski definition) is 5. The number of fused-ring (bicyclic) bond motifs is 1. The molecule has 4 aromatic heterocycles. The molecule has 0 unspecified atom stereocenters. The third kappa shape index (κ3) is 4.39. The lowest BCUT2D eigenvalue weighted by atomic mass is 10.2. The second kappa shape index (κ2) is 8.37. The smallest absolute Gasteiger partial charge is 0.318 e. The van der Waals surface area contributed by atoms with E-state index in [0.29, 0.717) is 20.6 Å². The molecule has 4 heterocycles. The SMILES string of the molecule is O=C(Nc1cnn(Cc2cccc(F)c2)c1)c1cc2nc(-c3cccs3)cc(C(F)(F)F)n2n1. The molecular formula is C22H14F4N6OS. The number of aromatic nitrogens is 5. The first-order valence-corrected chi connectivity index (χ1v) is 10.7. The van der Waals surface area contributed by atoms with E-state index in [1.807, 2.05) is 0 Å². The molecule has 0 saturated heterocycles. The van der Waals surface area contributed by atoms with Crippen LogP contribution in [0.3, 0.4) is 0 Å². The van der Waals surface area contributed by atoms with Crippen LogP contribution in [0, 0.1) is 5.82 Å². The highest BCUT2D eigenvalue weighted by Gasteiger charge is 2.35. The average Bonchev–Trinajstić information content (AvgIpc) is 3.53. The molecule has 0 bridgehead atoms. The van der Waals surface area contributed by atoms with Gasteiger partial charge in [-0.05, 0) is 35.2 Å². The molecule has 0 spiro atoms. The lowest BCUT2D eigenvalue weighted by molar-refractivity contribution is -0.142. The summed E-state index contributed by atoms with van der Waals surface area (Å²) in [7, 11) is 0. The zero-order valence-electron chi connectivity index (χ0n) is 17.1. The van der Waals surface area contributed by atoms with Gasteiger partial charge in [0.1, 0.15) is 5.82 Å². The molecule has 5 rings (SSSR count). The lowest BCUT2D eigenvalue weighted by Gasteiger charge is -2.10. The molecule has 12 heteroatoms. The minimum atomic E-state index is -4.70. The Bertz CT molecular complexity index is 1490. The number of thiophene rings is 1. The van der Waals surface area contributed by atoms with E-state index >= 15 is 0 Å². The van der Waals surface area contributed by atoms with Crippen molar-refractivity contribution in [2.24, 2.45) is 0 Å². The summed E-state index contributed by atoms with van der Waals surface area (Å²) in [6, 6.07) is 11.5. The number of hydrogen-bond donors (Lipinski definition) is 1. The number of carbonyl (C=O) groups is 1. The van der Waals surface area contributed by atoms with Gasteiger partial charge >= 0.3 is 6.18 Å². The van der Waals surface area contributed by atoms with Crippen LogP contribution in [0.2, 0.25) is 0 Å². The largest absolute Gasteiger partial charge is 0.433 e. The van der Waals surface area contributed by atoms with Crippen LogP contribution in [0.4, 0.5) is 23.2 Å². The fourth-order valence-electron chi connectivity index (χ4n) is 3.37. The molecule has 34 heavy (non-hydrogen) atoms. The number of alkyl halides is 3. The maximum Gasteiger partial charge on any atom is 0.433 e. The van der Waals surface area contributed by atoms with Crippen molar-refractivity contribution in [2.45, 2.75) is 12.7 Å². The van der Waals surface area contributed by atoms with Gasteiger partial charge in [0.25, 0.3) is 5.91 Å². The Morgan fingerprint density at radius 2 is 1.97 bits per heavy atom. The Morgan fingerprint density at radius 3 is 2.71 bits per heavy atom. The van der Waals surface area contributed by atoms with E-state index in [1.54, 1.807) is 29.6 Å². The Labute approximate surface area is 193 Å². The first kappa shape index (κ1) is 21.8. The van der Waals surface area contributed by atoms with Gasteiger partial charge in [-0.15, -0.1) is 11.3 Å². The van der Waals surface area contributed by atoms with E-state index in [0.717, 1.165) is 6.07 Å². The highest BCUT2D eigenvalue weighted by atomic mass is 32.1. The number of amides is 1. The van der Waals surface area contributed by atoms with Gasteiger partial charge in [0, 0.05) is 12.3 Å². The lowest BCUT2D eigenvalue weighted by Crippen LogP contribution is -2.15. The minimum Gasteiger partial charge on any atom is -0.318 e. The number of nitrogens with zero attached hydrogens (tertiary/aromatic N) is 5. The number of halogens is 4. The van der Waals surface area contributed by atoms with Crippen molar-refractivity contribution in [1.82, 2.24) is 24.4 Å². The molecule has 0 aliphatic rings. The predicted octanol–water partition coefficient (Wildman–Crippen LogP) is 5.11. The number of nitrogens with one attached hydrogen (secondary N) is 1. The summed E-state index contributed by atoms with van der Waals surface area (Å²) >= 11 is 1.25. The van der Waals surface area contributed by atoms with Gasteiger partial charge < -0.3 is 5.32 Å². The quantitative estimate of drug-likeness (QED) is 0.350. The highest BCUT2D eigenvalue weighted by molar-refractivity contribution is 7.13. The summed E-state index contributed by atoms with van der Waals surface area (Å²) in [5.41, 5.74) is -0.261. The second-order valence-corrected chi connectivity index (χ2v) is 8.26. The third-order valence-corrected chi connectivity index (χ3v) is 5.74. The standard InChI is InChI=1S/C22H14F4N6OS/c23-14-4-1-3-13(7-14)11-31-12-15(10-27-31)28-21(33)17-9-20-29-16(18-5-2-6-34-18)8-19(22(24,25)26)32(20)30-17/h1-10,12H,11H2,(H,28,33). The molecule has 5 aromatic rings. The maximum atomic E-state index is 13.7. The van der Waals surface area contributed by atoms with Crippen LogP contribution < -0.4 is 5.32 Å². The van der Waals surface area contributed by atoms with Crippen LogP contribution in [-0.2, 0) is 12.7 Å². The van der Waals surface area contributed by atoms with E-state index in [2.05, 4.69) is 20.5 Å². The third-order valence-electron chi connectivity index (χ3n) is 4.85. The Morgan fingerprint density at radius 1 is 1.12 bits per heavy atom. The van der Waals surface area contributed by atoms with Crippen LogP contribution in [0.25, 0.3) is 16.2 Å². The van der Waals surface area contributed by atoms with E-state index in [9.17, 15) is 22.4 Å². The Hall–Kier alpha value is -4.06. The number of carbonyl (C=O) groups excluding carboxylic acids is 1. The van der Waals surface area contributed by atoms with E-state index in [1.165, 1.54) is 46.6 Å². The van der Waals surface area contributed by atoms with Crippen molar-refractivity contribution >= 4 is 28.6 Å². The Kier molecular flexibility index (Phi) is 5.36. The van der Waals surface area contributed by atoms with Crippen LogP contribution in [0.15, 0.2) is 66.3 Å². The molecule has 7 nitrogen and oxygen atoms in total. The molecule has 0 aliphatic carbocycles. The predicted molar refractivity (Wildman–Crippen MR) is 117 cm³/mol. The van der Waals surface area contributed by atoms with Gasteiger partial charge in [-0.2, -0.15) is 23.4 Å². The van der Waals surface area contributed by atoms with Crippen LogP contribution in [0.5, 0.6) is 0 Å². The van der Waals surface area contributed by atoms with Crippen LogP contribution in [-0.4, -0.2) is 30.3 Å². The molecule has 0 atom stereocenters. The van der Waals surface area contributed by atoms with Crippen molar-refractivity contribution in [1.29, 1.82) is 0 Å². The number of rotatable bonds is 5. The van der Waals surface area contributed by atoms with Crippen molar-refractivity contribution in [3.05, 3.63) is 89.1 Å². The Balaban J connectivity index is 1.41. The molecule has 0 radical (unpaired) electrons. The van der Waals surface area contributed by atoms with Gasteiger partial charge in [-0.1, -0.05) is 18.2 Å². The maximum absolute atomic E-state index is 13.7. The van der Waals surface area contributed by atoms with Gasteiger partial charge in [0.2, 0.25) is 0 Å². The number of benzene rings is 1. The molecule has 1 aromatic carbocycles. The van der Waals surface area contributed by atoms with Gasteiger partial charge in [0.15, 0.2) is 17.0 Å². The summed E-state index contributed by atoms with van der Waals surface area (Å²) in [6.45, 7) is 0.270. The monoisotopic (exact) mass is 486 g/mol. The normalized spacial score (nSPS) is 11.8. The van der Waals surface area contributed by atoms with Crippen LogP contribution in [0.1, 0.15) is 21.7 Å². The van der Waals surface area contributed by atoms with E-state index in [4.69, 9.17) is 0 Å². The van der Waals surface area contributed by atoms with Gasteiger partial charge in [0.05, 0.1) is 29.0 Å². The number of anilines is 1. The summed E-state index contributed by atoms with van der Waals surface area (Å²) in [4.78, 5) is 17.5. The van der Waals surface area contributed by atoms with Crippen LogP contribution >= 0.6 is 11.3 Å². The van der Waals surface area contributed by atoms with E-state index < -0.39 is 17.8 Å². The first-order chi connectivity index (χ1) is 16.3. The molecule has 0 aliphatic heterocycles. The van der Waals surface area contributed by atoms with Gasteiger partial charge in [-0.3, -0.25) is 9.48 Å². The van der Waals surface area contributed by atoms with Crippen molar-refractivity contribution < 1.29 is 22.4 Å². The molecule has 0 fully saturated rings. The molecule has 1 N–H and O–H groups in total. The minimum absolute atomic E-state index is 0.106. The summed E-state index contributed by atoms with van der Waals surface area (Å²) in [5, 5.41) is 12.2. The second-order valence-electron chi connectivity index (χ2n) is 7.31. The van der Waals surface area contributed by atoms with Crippen molar-refractivity contribution in [3.8, 4) is 10.6 Å². The molecule has 0 saturated carbocycles. The zero-order valence-corrected chi connectivity index (χ0v) is 17.9. The molecular weight excluding hydrogens is 472 g/mol. The van der Waals surface area contributed by atoms with Crippen molar-refractivity contribution in [3.63, 3.8) is 0 Å². The highest BCUT2D eigenvalue weighted by Crippen LogP contribution is 2.33. The molecule has 1 amide bonds. The average molecular weight is 486 g/mol. The summed E-state index contributed by atoms with van der Waals surface area (Å²) in [6.07, 6.45) is -1.81. The van der Waals surface area contributed by atoms with Crippen molar-refractivity contribution in [2.75, 3.05) is 5.32 Å². The molecule has 172 valence electrons.